The van der Waals surface area contributed by atoms with Crippen LogP contribution in [0.1, 0.15) is 39.0 Å². The molecule has 5 atom stereocenters. The number of amides is 4. The SMILES string of the molecule is CSCCC(NC(=O)C(CCC(=O)O)NC(=O)C(N)CCC(N)=O)C(=O)NC(C(=O)O)C(C)O. The summed E-state index contributed by atoms with van der Waals surface area (Å²) in [5.74, 6) is -5.58. The van der Waals surface area contributed by atoms with Gasteiger partial charge in [0.15, 0.2) is 6.04 Å². The Morgan fingerprint density at radius 3 is 1.85 bits per heavy atom. The largest absolute Gasteiger partial charge is 0.481 e. The number of carboxylic acids is 2. The molecule has 0 bridgehead atoms. The number of nitrogens with one attached hydrogen (secondary N) is 3. The fraction of sp³-hybridized carbons (Fsp3) is 0.684. The molecule has 0 aliphatic rings. The van der Waals surface area contributed by atoms with Crippen LogP contribution in [0.25, 0.3) is 0 Å². The fourth-order valence-electron chi connectivity index (χ4n) is 2.66. The van der Waals surface area contributed by atoms with Gasteiger partial charge >= 0.3 is 11.9 Å². The van der Waals surface area contributed by atoms with E-state index in [2.05, 4.69) is 16.0 Å². The number of thioether (sulfide) groups is 1. The number of carbonyl (C=O) groups is 6. The molecule has 15 heteroatoms. The minimum atomic E-state index is -1.62. The van der Waals surface area contributed by atoms with E-state index in [0.717, 1.165) is 0 Å². The highest BCUT2D eigenvalue weighted by Crippen LogP contribution is 2.06. The van der Waals surface area contributed by atoms with Crippen molar-refractivity contribution in [1.29, 1.82) is 0 Å². The summed E-state index contributed by atoms with van der Waals surface area (Å²) in [6.45, 7) is 1.17. The molecule has 0 fully saturated rings. The van der Waals surface area contributed by atoms with Crippen LogP contribution in [0.3, 0.4) is 0 Å². The number of hydrogen-bond acceptors (Lipinski definition) is 9. The van der Waals surface area contributed by atoms with Gasteiger partial charge < -0.3 is 42.7 Å². The van der Waals surface area contributed by atoms with Gasteiger partial charge in [-0.15, -0.1) is 0 Å². The summed E-state index contributed by atoms with van der Waals surface area (Å²) >= 11 is 1.35. The first kappa shape index (κ1) is 31.1. The van der Waals surface area contributed by atoms with Crippen molar-refractivity contribution in [3.8, 4) is 0 Å². The van der Waals surface area contributed by atoms with Gasteiger partial charge in [0.25, 0.3) is 0 Å². The molecule has 34 heavy (non-hydrogen) atoms. The zero-order chi connectivity index (χ0) is 26.4. The average molecular weight is 508 g/mol. The Labute approximate surface area is 200 Å². The number of primary amides is 1. The number of carboxylic acid groups (broad SMARTS) is 2. The van der Waals surface area contributed by atoms with Crippen molar-refractivity contribution in [2.24, 2.45) is 11.5 Å². The van der Waals surface area contributed by atoms with Gasteiger partial charge in [-0.1, -0.05) is 0 Å². The predicted octanol–water partition coefficient (Wildman–Crippen LogP) is -2.88. The lowest BCUT2D eigenvalue weighted by Gasteiger charge is -2.25. The van der Waals surface area contributed by atoms with Gasteiger partial charge in [0, 0.05) is 12.8 Å². The summed E-state index contributed by atoms with van der Waals surface area (Å²) < 4.78 is 0. The quantitative estimate of drug-likeness (QED) is 0.0992. The van der Waals surface area contributed by atoms with Gasteiger partial charge in [0.2, 0.25) is 23.6 Å². The van der Waals surface area contributed by atoms with E-state index in [4.69, 9.17) is 21.7 Å². The molecule has 10 N–H and O–H groups in total. The highest BCUT2D eigenvalue weighted by molar-refractivity contribution is 7.98. The van der Waals surface area contributed by atoms with Crippen LogP contribution in [0.15, 0.2) is 0 Å². The second kappa shape index (κ2) is 15.8. The number of aliphatic carboxylic acids is 2. The normalized spacial score (nSPS) is 15.2. The topological polar surface area (TPSA) is 251 Å². The molecule has 0 rings (SSSR count). The van der Waals surface area contributed by atoms with Crippen LogP contribution in [0.2, 0.25) is 0 Å². The Balaban J connectivity index is 5.49. The van der Waals surface area contributed by atoms with Crippen LogP contribution >= 0.6 is 11.8 Å². The average Bonchev–Trinajstić information content (AvgIpc) is 2.74. The lowest BCUT2D eigenvalue weighted by atomic mass is 10.1. The predicted molar refractivity (Wildman–Crippen MR) is 121 cm³/mol. The zero-order valence-electron chi connectivity index (χ0n) is 19.0. The molecular formula is C19H33N5O9S. The molecule has 0 saturated carbocycles. The monoisotopic (exact) mass is 507 g/mol. The molecule has 0 spiro atoms. The van der Waals surface area contributed by atoms with E-state index in [1.807, 2.05) is 0 Å². The third-order valence-electron chi connectivity index (χ3n) is 4.61. The number of nitrogens with two attached hydrogens (primary N) is 2. The minimum absolute atomic E-state index is 0.0859. The summed E-state index contributed by atoms with van der Waals surface area (Å²) in [6.07, 6.45) is -0.659. The molecule has 5 unspecified atom stereocenters. The van der Waals surface area contributed by atoms with Crippen molar-refractivity contribution in [3.05, 3.63) is 0 Å². The molecule has 0 aliphatic heterocycles. The molecule has 194 valence electrons. The van der Waals surface area contributed by atoms with Crippen molar-refractivity contribution in [2.75, 3.05) is 12.0 Å². The number of hydrogen-bond donors (Lipinski definition) is 8. The number of aliphatic hydroxyl groups excluding tert-OH is 1. The van der Waals surface area contributed by atoms with Crippen LogP contribution in [0.4, 0.5) is 0 Å². The Morgan fingerprint density at radius 1 is 0.853 bits per heavy atom. The summed E-state index contributed by atoms with van der Waals surface area (Å²) in [5.41, 5.74) is 10.7. The van der Waals surface area contributed by atoms with Crippen LogP contribution < -0.4 is 27.4 Å². The first-order valence-electron chi connectivity index (χ1n) is 10.4. The van der Waals surface area contributed by atoms with Crippen LogP contribution in [-0.4, -0.2) is 93.2 Å². The van der Waals surface area contributed by atoms with E-state index < -0.39 is 72.3 Å². The molecule has 0 saturated heterocycles. The Hall–Kier alpha value is -2.91. The Bertz CT molecular complexity index is 750. The smallest absolute Gasteiger partial charge is 0.328 e. The highest BCUT2D eigenvalue weighted by Gasteiger charge is 2.31. The molecule has 0 aromatic heterocycles. The molecule has 0 heterocycles. The number of rotatable bonds is 17. The van der Waals surface area contributed by atoms with Crippen molar-refractivity contribution in [1.82, 2.24) is 16.0 Å². The lowest BCUT2D eigenvalue weighted by molar-refractivity contribution is -0.145. The van der Waals surface area contributed by atoms with Gasteiger partial charge in [-0.3, -0.25) is 24.0 Å². The molecule has 4 amide bonds. The Kier molecular flexibility index (Phi) is 14.5. The van der Waals surface area contributed by atoms with Gasteiger partial charge in [-0.2, -0.15) is 11.8 Å². The van der Waals surface area contributed by atoms with Crippen molar-refractivity contribution in [2.45, 2.75) is 69.3 Å². The van der Waals surface area contributed by atoms with Gasteiger partial charge in [-0.05, 0) is 38.2 Å². The van der Waals surface area contributed by atoms with Crippen molar-refractivity contribution in [3.63, 3.8) is 0 Å². The lowest BCUT2D eigenvalue weighted by Crippen LogP contribution is -2.58. The summed E-state index contributed by atoms with van der Waals surface area (Å²) in [7, 11) is 0. The molecule has 0 aromatic rings. The maximum Gasteiger partial charge on any atom is 0.328 e. The maximum atomic E-state index is 12.8. The van der Waals surface area contributed by atoms with Gasteiger partial charge in [0.1, 0.15) is 12.1 Å². The molecule has 0 aromatic carbocycles. The van der Waals surface area contributed by atoms with E-state index in [9.17, 15) is 33.9 Å². The van der Waals surface area contributed by atoms with Crippen LogP contribution in [0, 0.1) is 0 Å². The molecule has 0 aliphatic carbocycles. The van der Waals surface area contributed by atoms with E-state index >= 15 is 0 Å². The molecule has 0 radical (unpaired) electrons. The molecule has 14 nitrogen and oxygen atoms in total. The first-order chi connectivity index (χ1) is 15.8. The third-order valence-corrected chi connectivity index (χ3v) is 5.25. The zero-order valence-corrected chi connectivity index (χ0v) is 19.8. The van der Waals surface area contributed by atoms with Crippen LogP contribution in [0.5, 0.6) is 0 Å². The minimum Gasteiger partial charge on any atom is -0.481 e. The second-order valence-electron chi connectivity index (χ2n) is 7.51. The fourth-order valence-corrected chi connectivity index (χ4v) is 3.14. The van der Waals surface area contributed by atoms with E-state index in [0.29, 0.717) is 5.75 Å². The van der Waals surface area contributed by atoms with E-state index in [1.165, 1.54) is 18.7 Å². The molecular weight excluding hydrogens is 474 g/mol. The Morgan fingerprint density at radius 2 is 1.38 bits per heavy atom. The van der Waals surface area contributed by atoms with Gasteiger partial charge in [-0.25, -0.2) is 4.79 Å². The summed E-state index contributed by atoms with van der Waals surface area (Å²) in [5, 5.41) is 34.5. The maximum absolute atomic E-state index is 12.8. The van der Waals surface area contributed by atoms with E-state index in [1.54, 1.807) is 6.26 Å². The van der Waals surface area contributed by atoms with Crippen LogP contribution in [-0.2, 0) is 28.8 Å². The summed E-state index contributed by atoms with van der Waals surface area (Å²) in [4.78, 5) is 70.9. The van der Waals surface area contributed by atoms with Gasteiger partial charge in [0.05, 0.1) is 12.1 Å². The summed E-state index contributed by atoms with van der Waals surface area (Å²) in [6, 6.07) is -5.41. The highest BCUT2D eigenvalue weighted by atomic mass is 32.2. The second-order valence-corrected chi connectivity index (χ2v) is 8.50. The number of carbonyl (C=O) groups excluding carboxylic acids is 4. The first-order valence-corrected chi connectivity index (χ1v) is 11.8. The third kappa shape index (κ3) is 12.4. The van der Waals surface area contributed by atoms with Crippen molar-refractivity contribution < 1.29 is 44.1 Å². The number of aliphatic hydroxyl groups is 1. The van der Waals surface area contributed by atoms with E-state index in [-0.39, 0.29) is 25.7 Å². The standard InChI is InChI=1S/C19H33N5O9S/c1-9(25)15(19(32)33)24-18(31)12(7-8-34-2)23-17(30)11(4-6-14(27)28)22-16(29)10(20)3-5-13(21)26/h9-12,15,25H,3-8,20H2,1-2H3,(H2,21,26)(H,22,29)(H,23,30)(H,24,31)(H,27,28)(H,32,33). The van der Waals surface area contributed by atoms with Crippen molar-refractivity contribution >= 4 is 47.3 Å².